The number of hydrogen-bond donors (Lipinski definition) is 1. The number of rotatable bonds is 3. The minimum atomic E-state index is 0.793. The Bertz CT molecular complexity index is 613. The predicted octanol–water partition coefficient (Wildman–Crippen LogP) is 2.78. The van der Waals surface area contributed by atoms with Gasteiger partial charge in [-0.3, -0.25) is 0 Å². The highest BCUT2D eigenvalue weighted by Gasteiger charge is 1.99. The molecule has 0 fully saturated rings. The highest BCUT2D eigenvalue weighted by atomic mass is 15.4. The maximum absolute atomic E-state index is 4.33. The fraction of sp³-hybridized carbons (Fsp3) is 0.0714. The number of para-hydroxylation sites is 2. The molecule has 0 radical (unpaired) electrons. The number of imidazole rings is 1. The molecule has 1 aromatic heterocycles. The zero-order chi connectivity index (χ0) is 11.5. The molecular weight excluding hydrogens is 210 g/mol. The lowest BCUT2D eigenvalue weighted by Crippen LogP contribution is -2.12. The molecular formula is C14H13N3. The van der Waals surface area contributed by atoms with Crippen molar-refractivity contribution in [2.45, 2.75) is 6.54 Å². The maximum Gasteiger partial charge on any atom is 0.115 e. The molecule has 0 amide bonds. The minimum absolute atomic E-state index is 0.793. The second-order valence-corrected chi connectivity index (χ2v) is 3.92. The van der Waals surface area contributed by atoms with Gasteiger partial charge in [0.2, 0.25) is 0 Å². The van der Waals surface area contributed by atoms with Gasteiger partial charge in [0, 0.05) is 0 Å². The molecule has 0 bridgehead atoms. The second-order valence-electron chi connectivity index (χ2n) is 3.92. The third-order valence-electron chi connectivity index (χ3n) is 2.75. The summed E-state index contributed by atoms with van der Waals surface area (Å²) in [7, 11) is 0. The summed E-state index contributed by atoms with van der Waals surface area (Å²) in [5.74, 6) is 0. The molecule has 0 saturated carbocycles. The monoisotopic (exact) mass is 223 g/mol. The van der Waals surface area contributed by atoms with Crippen molar-refractivity contribution in [2.75, 3.05) is 5.43 Å². The Morgan fingerprint density at radius 2 is 1.71 bits per heavy atom. The van der Waals surface area contributed by atoms with Gasteiger partial charge in [-0.05, 0) is 17.7 Å². The first-order valence-electron chi connectivity index (χ1n) is 5.63. The minimum Gasteiger partial charge on any atom is -0.320 e. The third-order valence-corrected chi connectivity index (χ3v) is 2.75. The smallest absolute Gasteiger partial charge is 0.115 e. The fourth-order valence-corrected chi connectivity index (χ4v) is 1.86. The zero-order valence-electron chi connectivity index (χ0n) is 9.38. The van der Waals surface area contributed by atoms with Crippen molar-refractivity contribution in [3.8, 4) is 0 Å². The molecule has 0 aliphatic rings. The van der Waals surface area contributed by atoms with Gasteiger partial charge < -0.3 is 5.43 Å². The van der Waals surface area contributed by atoms with E-state index in [0.717, 1.165) is 17.6 Å². The molecule has 0 aliphatic carbocycles. The molecule has 0 aliphatic heterocycles. The molecule has 0 atom stereocenters. The summed E-state index contributed by atoms with van der Waals surface area (Å²) in [5.41, 5.74) is 6.70. The van der Waals surface area contributed by atoms with Crippen LogP contribution in [0.3, 0.4) is 0 Å². The van der Waals surface area contributed by atoms with E-state index in [1.165, 1.54) is 5.56 Å². The molecule has 1 heterocycles. The van der Waals surface area contributed by atoms with E-state index in [0.29, 0.717) is 0 Å². The van der Waals surface area contributed by atoms with Gasteiger partial charge in [-0.25, -0.2) is 9.66 Å². The fourth-order valence-electron chi connectivity index (χ4n) is 1.86. The van der Waals surface area contributed by atoms with E-state index in [4.69, 9.17) is 0 Å². The summed E-state index contributed by atoms with van der Waals surface area (Å²) >= 11 is 0. The Morgan fingerprint density at radius 3 is 2.59 bits per heavy atom. The molecule has 2 aromatic carbocycles. The first kappa shape index (κ1) is 9.90. The Labute approximate surface area is 99.7 Å². The summed E-state index contributed by atoms with van der Waals surface area (Å²) < 4.78 is 1.96. The van der Waals surface area contributed by atoms with Crippen molar-refractivity contribution in [3.05, 3.63) is 66.5 Å². The van der Waals surface area contributed by atoms with Gasteiger partial charge in [0.15, 0.2) is 0 Å². The quantitative estimate of drug-likeness (QED) is 0.740. The summed E-state index contributed by atoms with van der Waals surface area (Å²) in [5, 5.41) is 0. The van der Waals surface area contributed by atoms with E-state index < -0.39 is 0 Å². The van der Waals surface area contributed by atoms with E-state index >= 15 is 0 Å². The molecule has 0 spiro atoms. The van der Waals surface area contributed by atoms with Gasteiger partial charge >= 0.3 is 0 Å². The lowest BCUT2D eigenvalue weighted by molar-refractivity contribution is 0.862. The Kier molecular flexibility index (Phi) is 2.50. The SMILES string of the molecule is c1ccc(CNn2cnc3ccccc32)cc1. The largest absolute Gasteiger partial charge is 0.320 e. The van der Waals surface area contributed by atoms with Gasteiger partial charge in [0.25, 0.3) is 0 Å². The van der Waals surface area contributed by atoms with Gasteiger partial charge in [-0.1, -0.05) is 42.5 Å². The van der Waals surface area contributed by atoms with Crippen LogP contribution < -0.4 is 5.43 Å². The number of nitrogens with zero attached hydrogens (tertiary/aromatic N) is 2. The predicted molar refractivity (Wildman–Crippen MR) is 69.2 cm³/mol. The topological polar surface area (TPSA) is 29.9 Å². The van der Waals surface area contributed by atoms with Crippen LogP contribution in [0, 0.1) is 0 Å². The van der Waals surface area contributed by atoms with Crippen LogP contribution in [0.25, 0.3) is 11.0 Å². The molecule has 3 rings (SSSR count). The van der Waals surface area contributed by atoms with E-state index in [2.05, 4.69) is 28.6 Å². The number of aromatic nitrogens is 2. The van der Waals surface area contributed by atoms with Crippen molar-refractivity contribution >= 4 is 11.0 Å². The van der Waals surface area contributed by atoms with E-state index in [1.807, 2.05) is 47.4 Å². The maximum atomic E-state index is 4.33. The standard InChI is InChI=1S/C14H13N3/c1-2-6-12(7-3-1)10-16-17-11-15-13-8-4-5-9-14(13)17/h1-9,11,16H,10H2. The van der Waals surface area contributed by atoms with Crippen molar-refractivity contribution in [1.82, 2.24) is 9.66 Å². The third kappa shape index (κ3) is 1.99. The average molecular weight is 223 g/mol. The van der Waals surface area contributed by atoms with Crippen LogP contribution in [0.5, 0.6) is 0 Å². The average Bonchev–Trinajstić information content (AvgIpc) is 2.81. The summed E-state index contributed by atoms with van der Waals surface area (Å²) in [6, 6.07) is 18.4. The first-order chi connectivity index (χ1) is 8.43. The molecule has 0 unspecified atom stereocenters. The van der Waals surface area contributed by atoms with E-state index in [-0.39, 0.29) is 0 Å². The van der Waals surface area contributed by atoms with Crippen molar-refractivity contribution in [3.63, 3.8) is 0 Å². The zero-order valence-corrected chi connectivity index (χ0v) is 9.38. The molecule has 17 heavy (non-hydrogen) atoms. The van der Waals surface area contributed by atoms with Crippen LogP contribution in [-0.2, 0) is 6.54 Å². The summed E-state index contributed by atoms with van der Waals surface area (Å²) in [6.45, 7) is 0.793. The molecule has 1 N–H and O–H groups in total. The van der Waals surface area contributed by atoms with Crippen molar-refractivity contribution < 1.29 is 0 Å². The number of benzene rings is 2. The summed E-state index contributed by atoms with van der Waals surface area (Å²) in [4.78, 5) is 4.33. The normalized spacial score (nSPS) is 10.6. The Balaban J connectivity index is 1.82. The Hall–Kier alpha value is -2.29. The van der Waals surface area contributed by atoms with Crippen LogP contribution in [0.4, 0.5) is 0 Å². The molecule has 84 valence electrons. The van der Waals surface area contributed by atoms with Crippen LogP contribution in [0.15, 0.2) is 60.9 Å². The lowest BCUT2D eigenvalue weighted by atomic mass is 10.2. The van der Waals surface area contributed by atoms with Crippen LogP contribution in [-0.4, -0.2) is 9.66 Å². The van der Waals surface area contributed by atoms with Gasteiger partial charge in [0.1, 0.15) is 6.33 Å². The Morgan fingerprint density at radius 1 is 0.941 bits per heavy atom. The number of hydrogen-bond acceptors (Lipinski definition) is 2. The lowest BCUT2D eigenvalue weighted by Gasteiger charge is -2.08. The van der Waals surface area contributed by atoms with E-state index in [1.54, 1.807) is 0 Å². The van der Waals surface area contributed by atoms with Gasteiger partial charge in [-0.2, -0.15) is 0 Å². The van der Waals surface area contributed by atoms with Crippen LogP contribution in [0.2, 0.25) is 0 Å². The van der Waals surface area contributed by atoms with Gasteiger partial charge in [0.05, 0.1) is 17.6 Å². The van der Waals surface area contributed by atoms with Gasteiger partial charge in [-0.15, -0.1) is 0 Å². The second kappa shape index (κ2) is 4.29. The number of nitrogens with one attached hydrogen (secondary N) is 1. The summed E-state index contributed by atoms with van der Waals surface area (Å²) in [6.07, 6.45) is 1.81. The van der Waals surface area contributed by atoms with Crippen LogP contribution in [0.1, 0.15) is 5.56 Å². The van der Waals surface area contributed by atoms with E-state index in [9.17, 15) is 0 Å². The molecule has 0 saturated heterocycles. The van der Waals surface area contributed by atoms with Crippen molar-refractivity contribution in [2.24, 2.45) is 0 Å². The number of fused-ring (bicyclic) bond motifs is 1. The first-order valence-corrected chi connectivity index (χ1v) is 5.63. The molecule has 3 aromatic rings. The van der Waals surface area contributed by atoms with Crippen LogP contribution >= 0.6 is 0 Å². The molecule has 3 heteroatoms. The van der Waals surface area contributed by atoms with Crippen molar-refractivity contribution in [1.29, 1.82) is 0 Å². The molecule has 3 nitrogen and oxygen atoms in total. The highest BCUT2D eigenvalue weighted by Crippen LogP contribution is 2.10. The highest BCUT2D eigenvalue weighted by molar-refractivity contribution is 5.75.